The number of piperidine rings is 1. The maximum absolute atomic E-state index is 11.7. The van der Waals surface area contributed by atoms with Gasteiger partial charge in [0.25, 0.3) is 0 Å². The number of hydrogen-bond donors (Lipinski definition) is 2. The molecule has 0 saturated carbocycles. The van der Waals surface area contributed by atoms with Crippen molar-refractivity contribution in [3.8, 4) is 0 Å². The predicted octanol–water partition coefficient (Wildman–Crippen LogP) is 1.62. The summed E-state index contributed by atoms with van der Waals surface area (Å²) in [5.41, 5.74) is 1.38. The molecule has 22 heavy (non-hydrogen) atoms. The van der Waals surface area contributed by atoms with Crippen LogP contribution in [0, 0.1) is 5.92 Å². The molecular weight excluding hydrogens is 282 g/mol. The molecule has 5 heteroatoms. The van der Waals surface area contributed by atoms with Crippen LogP contribution in [0.1, 0.15) is 18.9 Å². The highest BCUT2D eigenvalue weighted by Crippen LogP contribution is 2.22. The number of aliphatic hydroxyl groups excluding tert-OH is 1. The molecule has 1 heterocycles. The zero-order chi connectivity index (χ0) is 15.9. The van der Waals surface area contributed by atoms with E-state index in [2.05, 4.69) is 11.9 Å². The van der Waals surface area contributed by atoms with E-state index in [0.717, 1.165) is 12.0 Å². The maximum atomic E-state index is 11.7. The molecule has 1 saturated heterocycles. The molecule has 0 spiro atoms. The summed E-state index contributed by atoms with van der Waals surface area (Å²) in [6.07, 6.45) is -0.182. The molecule has 0 radical (unpaired) electrons. The Kier molecular flexibility index (Phi) is 6.12. The van der Waals surface area contributed by atoms with Crippen LogP contribution >= 0.6 is 0 Å². The Balaban J connectivity index is 2.02. The molecule has 2 rings (SSSR count). The molecule has 1 aliphatic heterocycles. The summed E-state index contributed by atoms with van der Waals surface area (Å²) in [5, 5.41) is 12.7. The Labute approximate surface area is 130 Å². The number of benzene rings is 1. The SMILES string of the molecule is C=C(C)C(=O)OC1NCCC(CO)C1OCc1ccccc1. The van der Waals surface area contributed by atoms with Gasteiger partial charge in [0.1, 0.15) is 6.10 Å². The van der Waals surface area contributed by atoms with Gasteiger partial charge >= 0.3 is 5.97 Å². The Morgan fingerprint density at radius 3 is 2.77 bits per heavy atom. The van der Waals surface area contributed by atoms with E-state index in [9.17, 15) is 9.90 Å². The van der Waals surface area contributed by atoms with Crippen molar-refractivity contribution in [2.75, 3.05) is 13.2 Å². The first-order valence-electron chi connectivity index (χ1n) is 7.48. The van der Waals surface area contributed by atoms with Gasteiger partial charge in [0.05, 0.1) is 6.61 Å². The highest BCUT2D eigenvalue weighted by Gasteiger charge is 2.36. The van der Waals surface area contributed by atoms with E-state index in [1.807, 2.05) is 30.3 Å². The molecule has 0 bridgehead atoms. The summed E-state index contributed by atoms with van der Waals surface area (Å²) < 4.78 is 11.3. The monoisotopic (exact) mass is 305 g/mol. The van der Waals surface area contributed by atoms with Gasteiger partial charge in [-0.25, -0.2) is 4.79 Å². The third-order valence-corrected chi connectivity index (χ3v) is 3.73. The van der Waals surface area contributed by atoms with Crippen molar-refractivity contribution in [3.05, 3.63) is 48.0 Å². The molecule has 120 valence electrons. The van der Waals surface area contributed by atoms with Gasteiger partial charge in [0.15, 0.2) is 6.23 Å². The number of hydrogen-bond acceptors (Lipinski definition) is 5. The number of carbonyl (C=O) groups is 1. The number of rotatable bonds is 6. The fourth-order valence-corrected chi connectivity index (χ4v) is 2.45. The minimum atomic E-state index is -0.571. The van der Waals surface area contributed by atoms with Crippen LogP contribution in [0.4, 0.5) is 0 Å². The van der Waals surface area contributed by atoms with E-state index in [4.69, 9.17) is 9.47 Å². The molecule has 3 atom stereocenters. The quantitative estimate of drug-likeness (QED) is 0.617. The average molecular weight is 305 g/mol. The largest absolute Gasteiger partial charge is 0.440 e. The normalized spacial score (nSPS) is 24.7. The zero-order valence-electron chi connectivity index (χ0n) is 12.8. The summed E-state index contributed by atoms with van der Waals surface area (Å²) >= 11 is 0. The van der Waals surface area contributed by atoms with Crippen LogP contribution in [0.15, 0.2) is 42.5 Å². The number of esters is 1. The van der Waals surface area contributed by atoms with E-state index in [-0.39, 0.29) is 18.6 Å². The van der Waals surface area contributed by atoms with Crippen LogP contribution in [0.3, 0.4) is 0 Å². The van der Waals surface area contributed by atoms with Crippen molar-refractivity contribution >= 4 is 5.97 Å². The topological polar surface area (TPSA) is 67.8 Å². The lowest BCUT2D eigenvalue weighted by atomic mass is 9.94. The lowest BCUT2D eigenvalue weighted by Crippen LogP contribution is -2.54. The first-order valence-corrected chi connectivity index (χ1v) is 7.48. The number of carbonyl (C=O) groups excluding carboxylic acids is 1. The van der Waals surface area contributed by atoms with Crippen molar-refractivity contribution in [1.29, 1.82) is 0 Å². The molecular formula is C17H23NO4. The van der Waals surface area contributed by atoms with Crippen molar-refractivity contribution in [2.24, 2.45) is 5.92 Å². The number of nitrogens with one attached hydrogen (secondary N) is 1. The smallest absolute Gasteiger partial charge is 0.334 e. The highest BCUT2D eigenvalue weighted by molar-refractivity contribution is 5.87. The number of ether oxygens (including phenoxy) is 2. The molecule has 2 N–H and O–H groups in total. The minimum absolute atomic E-state index is 0.00224. The van der Waals surface area contributed by atoms with Crippen molar-refractivity contribution in [1.82, 2.24) is 5.32 Å². The van der Waals surface area contributed by atoms with E-state index in [1.54, 1.807) is 6.92 Å². The summed E-state index contributed by atoms with van der Waals surface area (Å²) in [6.45, 7) is 6.27. The molecule has 5 nitrogen and oxygen atoms in total. The molecule has 1 aliphatic rings. The lowest BCUT2D eigenvalue weighted by Gasteiger charge is -2.37. The van der Waals surface area contributed by atoms with Crippen LogP contribution in [-0.4, -0.2) is 36.6 Å². The molecule has 0 aromatic heterocycles. The lowest BCUT2D eigenvalue weighted by molar-refractivity contribution is -0.168. The summed E-state index contributed by atoms with van der Waals surface area (Å²) in [6, 6.07) is 9.78. The van der Waals surface area contributed by atoms with Gasteiger partial charge < -0.3 is 14.6 Å². The molecule has 1 aromatic rings. The van der Waals surface area contributed by atoms with Gasteiger partial charge in [-0.05, 0) is 25.5 Å². The predicted molar refractivity (Wildman–Crippen MR) is 82.9 cm³/mol. The molecule has 0 amide bonds. The van der Waals surface area contributed by atoms with Crippen LogP contribution in [0.5, 0.6) is 0 Å². The van der Waals surface area contributed by atoms with Crippen LogP contribution < -0.4 is 5.32 Å². The van der Waals surface area contributed by atoms with Gasteiger partial charge in [-0.2, -0.15) is 0 Å². The molecule has 1 fully saturated rings. The third-order valence-electron chi connectivity index (χ3n) is 3.73. The highest BCUT2D eigenvalue weighted by atomic mass is 16.6. The van der Waals surface area contributed by atoms with Gasteiger partial charge in [-0.1, -0.05) is 36.9 Å². The van der Waals surface area contributed by atoms with Gasteiger partial charge in [-0.3, -0.25) is 5.32 Å². The summed E-state index contributed by atoms with van der Waals surface area (Å²) in [4.78, 5) is 11.7. The minimum Gasteiger partial charge on any atom is -0.440 e. The zero-order valence-corrected chi connectivity index (χ0v) is 12.8. The first-order chi connectivity index (χ1) is 10.6. The van der Waals surface area contributed by atoms with Crippen LogP contribution in [0.25, 0.3) is 0 Å². The second-order valence-electron chi connectivity index (χ2n) is 5.55. The second kappa shape index (κ2) is 8.08. The van der Waals surface area contributed by atoms with E-state index >= 15 is 0 Å². The van der Waals surface area contributed by atoms with Crippen LogP contribution in [0.2, 0.25) is 0 Å². The summed E-state index contributed by atoms with van der Waals surface area (Å²) in [5.74, 6) is -0.516. The third kappa shape index (κ3) is 4.40. The summed E-state index contributed by atoms with van der Waals surface area (Å²) in [7, 11) is 0. The first kappa shape index (κ1) is 16.7. The van der Waals surface area contributed by atoms with E-state index in [0.29, 0.717) is 18.7 Å². The van der Waals surface area contributed by atoms with E-state index < -0.39 is 12.2 Å². The van der Waals surface area contributed by atoms with Crippen molar-refractivity contribution < 1.29 is 19.4 Å². The van der Waals surface area contributed by atoms with Crippen molar-refractivity contribution in [3.63, 3.8) is 0 Å². The van der Waals surface area contributed by atoms with Gasteiger partial charge in [0.2, 0.25) is 0 Å². The maximum Gasteiger partial charge on any atom is 0.334 e. The van der Waals surface area contributed by atoms with Crippen molar-refractivity contribution in [2.45, 2.75) is 32.3 Å². The Morgan fingerprint density at radius 2 is 2.14 bits per heavy atom. The Hall–Kier alpha value is -1.69. The van der Waals surface area contributed by atoms with Gasteiger partial charge in [-0.15, -0.1) is 0 Å². The van der Waals surface area contributed by atoms with Crippen LogP contribution in [-0.2, 0) is 20.9 Å². The number of aliphatic hydroxyl groups is 1. The average Bonchev–Trinajstić information content (AvgIpc) is 2.54. The van der Waals surface area contributed by atoms with E-state index in [1.165, 1.54) is 0 Å². The Bertz CT molecular complexity index is 503. The molecule has 3 unspecified atom stereocenters. The molecule has 0 aliphatic carbocycles. The fourth-order valence-electron chi connectivity index (χ4n) is 2.45. The fraction of sp³-hybridized carbons (Fsp3) is 0.471. The molecule has 1 aromatic carbocycles. The van der Waals surface area contributed by atoms with Gasteiger partial charge in [0, 0.05) is 18.1 Å². The Morgan fingerprint density at radius 1 is 1.41 bits per heavy atom. The second-order valence-corrected chi connectivity index (χ2v) is 5.55. The standard InChI is InChI=1S/C17H23NO4/c1-12(2)17(20)22-16-15(14(10-19)8-9-18-16)21-11-13-6-4-3-5-7-13/h3-7,14-16,18-19H,1,8-11H2,2H3.